The van der Waals surface area contributed by atoms with Gasteiger partial charge in [-0.1, -0.05) is 12.1 Å². The van der Waals surface area contributed by atoms with Crippen LogP contribution in [0.3, 0.4) is 0 Å². The SMILES string of the molecule is COc1ccc([C@@H]2C[C@H]2CC(=O)N2CCN(c3cccnn3)CC2)cc1. The van der Waals surface area contributed by atoms with Crippen molar-refractivity contribution in [1.29, 1.82) is 0 Å². The molecule has 1 saturated heterocycles. The lowest BCUT2D eigenvalue weighted by Gasteiger charge is -2.35. The van der Waals surface area contributed by atoms with Gasteiger partial charge in [0.1, 0.15) is 5.75 Å². The highest BCUT2D eigenvalue weighted by Gasteiger charge is 2.40. The molecule has 0 bridgehead atoms. The first-order chi connectivity index (χ1) is 12.7. The molecule has 1 saturated carbocycles. The fourth-order valence-corrected chi connectivity index (χ4v) is 3.73. The number of amides is 1. The van der Waals surface area contributed by atoms with Crippen molar-refractivity contribution >= 4 is 11.7 Å². The zero-order chi connectivity index (χ0) is 17.9. The highest BCUT2D eigenvalue weighted by atomic mass is 16.5. The number of anilines is 1. The molecule has 2 aliphatic rings. The highest BCUT2D eigenvalue weighted by molar-refractivity contribution is 5.77. The van der Waals surface area contributed by atoms with E-state index in [2.05, 4.69) is 27.2 Å². The lowest BCUT2D eigenvalue weighted by Crippen LogP contribution is -2.49. The molecule has 2 heterocycles. The van der Waals surface area contributed by atoms with Crippen molar-refractivity contribution in [1.82, 2.24) is 15.1 Å². The predicted octanol–water partition coefficient (Wildman–Crippen LogP) is 2.33. The first-order valence-corrected chi connectivity index (χ1v) is 9.19. The maximum absolute atomic E-state index is 12.6. The molecule has 1 amide bonds. The Morgan fingerprint density at radius 3 is 2.58 bits per heavy atom. The van der Waals surface area contributed by atoms with E-state index in [0.717, 1.165) is 44.2 Å². The number of piperazine rings is 1. The molecule has 1 aromatic heterocycles. The molecule has 0 N–H and O–H groups in total. The molecule has 6 nitrogen and oxygen atoms in total. The minimum absolute atomic E-state index is 0.282. The molecule has 136 valence electrons. The third-order valence-electron chi connectivity index (χ3n) is 5.42. The van der Waals surface area contributed by atoms with E-state index in [9.17, 15) is 4.79 Å². The number of hydrogen-bond donors (Lipinski definition) is 0. The van der Waals surface area contributed by atoms with Gasteiger partial charge in [-0.15, -0.1) is 5.10 Å². The van der Waals surface area contributed by atoms with Crippen LogP contribution in [-0.2, 0) is 4.79 Å². The van der Waals surface area contributed by atoms with Crippen LogP contribution in [-0.4, -0.2) is 54.3 Å². The Kier molecular flexibility index (Phi) is 4.73. The number of methoxy groups -OCH3 is 1. The summed E-state index contributed by atoms with van der Waals surface area (Å²) in [6.07, 6.45) is 3.44. The van der Waals surface area contributed by atoms with E-state index >= 15 is 0 Å². The van der Waals surface area contributed by atoms with Crippen molar-refractivity contribution in [3.63, 3.8) is 0 Å². The molecule has 2 atom stereocenters. The topological polar surface area (TPSA) is 58.6 Å². The maximum atomic E-state index is 12.6. The fourth-order valence-electron chi connectivity index (χ4n) is 3.73. The lowest BCUT2D eigenvalue weighted by molar-refractivity contribution is -0.131. The molecule has 2 fully saturated rings. The van der Waals surface area contributed by atoms with E-state index in [1.165, 1.54) is 5.56 Å². The van der Waals surface area contributed by atoms with Crippen molar-refractivity contribution < 1.29 is 9.53 Å². The second kappa shape index (κ2) is 7.32. The minimum Gasteiger partial charge on any atom is -0.497 e. The number of aromatic nitrogens is 2. The normalized spacial score (nSPS) is 22.2. The largest absolute Gasteiger partial charge is 0.497 e. The van der Waals surface area contributed by atoms with Gasteiger partial charge in [-0.25, -0.2) is 0 Å². The van der Waals surface area contributed by atoms with Gasteiger partial charge in [0.15, 0.2) is 5.82 Å². The molecule has 1 aliphatic heterocycles. The van der Waals surface area contributed by atoms with Crippen LogP contribution in [0.25, 0.3) is 0 Å². The minimum atomic E-state index is 0.282. The molecule has 0 unspecified atom stereocenters. The summed E-state index contributed by atoms with van der Waals surface area (Å²) in [5, 5.41) is 8.08. The molecule has 1 aliphatic carbocycles. The molecule has 6 heteroatoms. The standard InChI is InChI=1S/C20H24N4O2/c1-26-17-6-4-15(5-7-17)18-13-16(18)14-20(25)24-11-9-23(10-12-24)19-3-2-8-21-22-19/h2-8,16,18H,9-14H2,1H3/t16-,18-/m0/s1. The van der Waals surface area contributed by atoms with Gasteiger partial charge in [0.05, 0.1) is 7.11 Å². The summed E-state index contributed by atoms with van der Waals surface area (Å²) in [5.41, 5.74) is 1.32. The van der Waals surface area contributed by atoms with E-state index < -0.39 is 0 Å². The molecule has 0 radical (unpaired) electrons. The van der Waals surface area contributed by atoms with Crippen molar-refractivity contribution in [2.75, 3.05) is 38.2 Å². The van der Waals surface area contributed by atoms with Crippen LogP contribution < -0.4 is 9.64 Å². The zero-order valence-electron chi connectivity index (χ0n) is 15.0. The van der Waals surface area contributed by atoms with E-state index in [1.54, 1.807) is 13.3 Å². The van der Waals surface area contributed by atoms with Gasteiger partial charge in [0.25, 0.3) is 0 Å². The van der Waals surface area contributed by atoms with Gasteiger partial charge in [-0.3, -0.25) is 4.79 Å². The Hall–Kier alpha value is -2.63. The van der Waals surface area contributed by atoms with Gasteiger partial charge in [0.2, 0.25) is 5.91 Å². The first kappa shape index (κ1) is 16.8. The van der Waals surface area contributed by atoms with Crippen LogP contribution in [0.15, 0.2) is 42.6 Å². The lowest BCUT2D eigenvalue weighted by atomic mass is 10.1. The molecule has 0 spiro atoms. The number of ether oxygens (including phenoxy) is 1. The number of benzene rings is 1. The number of hydrogen-bond acceptors (Lipinski definition) is 5. The summed E-state index contributed by atoms with van der Waals surface area (Å²) in [5.74, 6) is 3.05. The Balaban J connectivity index is 1.26. The van der Waals surface area contributed by atoms with Crippen LogP contribution in [0.1, 0.15) is 24.3 Å². The summed E-state index contributed by atoms with van der Waals surface area (Å²) >= 11 is 0. The predicted molar refractivity (Wildman–Crippen MR) is 99.3 cm³/mol. The fraction of sp³-hybridized carbons (Fsp3) is 0.450. The van der Waals surface area contributed by atoms with Crippen molar-refractivity contribution in [2.45, 2.75) is 18.8 Å². The number of carbonyl (C=O) groups is 1. The van der Waals surface area contributed by atoms with Crippen LogP contribution in [0.2, 0.25) is 0 Å². The number of nitrogens with zero attached hydrogens (tertiary/aromatic N) is 4. The smallest absolute Gasteiger partial charge is 0.222 e. The van der Waals surface area contributed by atoms with Crippen molar-refractivity contribution in [3.8, 4) is 5.75 Å². The highest BCUT2D eigenvalue weighted by Crippen LogP contribution is 2.50. The third-order valence-corrected chi connectivity index (χ3v) is 5.42. The molecule has 26 heavy (non-hydrogen) atoms. The zero-order valence-corrected chi connectivity index (χ0v) is 15.0. The van der Waals surface area contributed by atoms with Crippen molar-refractivity contribution in [2.24, 2.45) is 5.92 Å². The molecular weight excluding hydrogens is 328 g/mol. The van der Waals surface area contributed by atoms with E-state index in [4.69, 9.17) is 4.74 Å². The number of rotatable bonds is 5. The Labute approximate surface area is 153 Å². The average molecular weight is 352 g/mol. The van der Waals surface area contributed by atoms with Crippen molar-refractivity contribution in [3.05, 3.63) is 48.2 Å². The summed E-state index contributed by atoms with van der Waals surface area (Å²) in [4.78, 5) is 16.8. The van der Waals surface area contributed by atoms with Crippen LogP contribution >= 0.6 is 0 Å². The second-order valence-electron chi connectivity index (χ2n) is 7.03. The Morgan fingerprint density at radius 1 is 1.15 bits per heavy atom. The maximum Gasteiger partial charge on any atom is 0.222 e. The van der Waals surface area contributed by atoms with E-state index in [1.807, 2.05) is 29.2 Å². The quantitative estimate of drug-likeness (QED) is 0.827. The Morgan fingerprint density at radius 2 is 1.92 bits per heavy atom. The van der Waals surface area contributed by atoms with Gasteiger partial charge in [-0.05, 0) is 48.1 Å². The number of carbonyl (C=O) groups excluding carboxylic acids is 1. The second-order valence-corrected chi connectivity index (χ2v) is 7.03. The van der Waals surface area contributed by atoms with Gasteiger partial charge in [-0.2, -0.15) is 5.10 Å². The van der Waals surface area contributed by atoms with Gasteiger partial charge < -0.3 is 14.5 Å². The Bertz CT molecular complexity index is 742. The van der Waals surface area contributed by atoms with E-state index in [-0.39, 0.29) is 5.91 Å². The van der Waals surface area contributed by atoms with Gasteiger partial charge >= 0.3 is 0 Å². The molecular formula is C20H24N4O2. The summed E-state index contributed by atoms with van der Waals surface area (Å²) in [6, 6.07) is 12.1. The summed E-state index contributed by atoms with van der Waals surface area (Å²) in [7, 11) is 1.68. The molecule has 4 rings (SSSR count). The molecule has 2 aromatic rings. The van der Waals surface area contributed by atoms with Gasteiger partial charge in [0, 0.05) is 38.8 Å². The van der Waals surface area contributed by atoms with Crippen LogP contribution in [0, 0.1) is 5.92 Å². The van der Waals surface area contributed by atoms with Crippen LogP contribution in [0.5, 0.6) is 5.75 Å². The first-order valence-electron chi connectivity index (χ1n) is 9.19. The summed E-state index contributed by atoms with van der Waals surface area (Å²) in [6.45, 7) is 3.15. The van der Waals surface area contributed by atoms with Crippen LogP contribution in [0.4, 0.5) is 5.82 Å². The average Bonchev–Trinajstić information content (AvgIpc) is 3.48. The molecule has 1 aromatic carbocycles. The van der Waals surface area contributed by atoms with E-state index in [0.29, 0.717) is 18.3 Å². The third kappa shape index (κ3) is 3.64. The monoisotopic (exact) mass is 352 g/mol. The summed E-state index contributed by atoms with van der Waals surface area (Å²) < 4.78 is 5.21.